The van der Waals surface area contributed by atoms with Crippen molar-refractivity contribution in [1.29, 1.82) is 0 Å². The molecule has 0 bridgehead atoms. The molecular formula is C22H35N2OP. The zero-order valence-electron chi connectivity index (χ0n) is 16.5. The summed E-state index contributed by atoms with van der Waals surface area (Å²) in [6, 6.07) is 0. The molecule has 0 saturated carbocycles. The predicted molar refractivity (Wildman–Crippen MR) is 114 cm³/mol. The van der Waals surface area contributed by atoms with Crippen LogP contribution in [-0.4, -0.2) is 29.6 Å². The van der Waals surface area contributed by atoms with E-state index in [0.29, 0.717) is 0 Å². The zero-order valence-corrected chi connectivity index (χ0v) is 17.6. The second kappa shape index (κ2) is 9.85. The molecule has 1 fully saturated rings. The first-order valence-corrected chi connectivity index (χ1v) is 10.9. The molecule has 3 aliphatic rings. The number of oxime groups is 1. The second-order valence-corrected chi connectivity index (χ2v) is 8.69. The highest BCUT2D eigenvalue weighted by atomic mass is 31.0. The van der Waals surface area contributed by atoms with Crippen LogP contribution in [-0.2, 0) is 4.84 Å². The Kier molecular flexibility index (Phi) is 7.52. The van der Waals surface area contributed by atoms with Crippen LogP contribution >= 0.6 is 9.39 Å². The van der Waals surface area contributed by atoms with Gasteiger partial charge in [0.1, 0.15) is 0 Å². The van der Waals surface area contributed by atoms with E-state index < -0.39 is 0 Å². The van der Waals surface area contributed by atoms with Crippen molar-refractivity contribution < 1.29 is 4.84 Å². The van der Waals surface area contributed by atoms with Crippen LogP contribution in [0, 0.1) is 11.8 Å². The lowest BCUT2D eigenvalue weighted by atomic mass is 9.77. The molecule has 0 spiro atoms. The Balaban J connectivity index is 1.54. The minimum absolute atomic E-state index is 0.0994. The van der Waals surface area contributed by atoms with Crippen molar-refractivity contribution >= 4 is 15.1 Å². The van der Waals surface area contributed by atoms with E-state index >= 15 is 0 Å². The molecule has 3 unspecified atom stereocenters. The van der Waals surface area contributed by atoms with E-state index in [1.54, 1.807) is 0 Å². The average molecular weight is 375 g/mol. The zero-order chi connectivity index (χ0) is 18.4. The van der Waals surface area contributed by atoms with Gasteiger partial charge in [0.25, 0.3) is 0 Å². The summed E-state index contributed by atoms with van der Waals surface area (Å²) in [6.07, 6.45) is 19.0. The Bertz CT molecular complexity index is 585. The number of piperidine rings is 1. The normalized spacial score (nSPS) is 31.9. The maximum Gasteiger partial charge on any atom is 0.157 e. The van der Waals surface area contributed by atoms with Crippen molar-refractivity contribution in [2.24, 2.45) is 17.0 Å². The minimum Gasteiger partial charge on any atom is -0.387 e. The van der Waals surface area contributed by atoms with Gasteiger partial charge in [-0.25, -0.2) is 0 Å². The van der Waals surface area contributed by atoms with E-state index in [-0.39, 0.29) is 6.10 Å². The van der Waals surface area contributed by atoms with Crippen LogP contribution < -0.4 is 0 Å². The quantitative estimate of drug-likeness (QED) is 0.468. The van der Waals surface area contributed by atoms with Crippen molar-refractivity contribution in [2.75, 3.05) is 13.1 Å². The molecule has 0 N–H and O–H groups in total. The molecule has 0 aromatic rings. The molecule has 0 radical (unpaired) electrons. The monoisotopic (exact) mass is 374 g/mol. The summed E-state index contributed by atoms with van der Waals surface area (Å²) in [5.74, 6) is 1.86. The molecule has 26 heavy (non-hydrogen) atoms. The Morgan fingerprint density at radius 1 is 1.19 bits per heavy atom. The molecule has 1 aliphatic carbocycles. The number of nitrogens with zero attached hydrogens (tertiary/aromatic N) is 2. The summed E-state index contributed by atoms with van der Waals surface area (Å²) < 4.78 is 2.40. The summed E-state index contributed by atoms with van der Waals surface area (Å²) in [5.41, 5.74) is 3.87. The van der Waals surface area contributed by atoms with Crippen LogP contribution in [0.2, 0.25) is 0 Å². The number of hydrogen-bond acceptors (Lipinski definition) is 3. The molecule has 0 aromatic heterocycles. The summed E-state index contributed by atoms with van der Waals surface area (Å²) in [6.45, 7) is 6.63. The fourth-order valence-electron chi connectivity index (χ4n) is 4.72. The van der Waals surface area contributed by atoms with Crippen LogP contribution in [0.5, 0.6) is 0 Å². The molecular weight excluding hydrogens is 339 g/mol. The van der Waals surface area contributed by atoms with Crippen molar-refractivity contribution in [2.45, 2.75) is 71.3 Å². The lowest BCUT2D eigenvalue weighted by molar-refractivity contribution is 0.114. The Morgan fingerprint density at radius 3 is 2.69 bits per heavy atom. The molecule has 144 valence electrons. The van der Waals surface area contributed by atoms with Gasteiger partial charge < -0.3 is 4.84 Å². The third-order valence-electron chi connectivity index (χ3n) is 6.29. The molecule has 3 atom stereocenters. The van der Waals surface area contributed by atoms with Crippen molar-refractivity contribution in [3.05, 3.63) is 35.5 Å². The van der Waals surface area contributed by atoms with Gasteiger partial charge in [-0.1, -0.05) is 38.9 Å². The molecule has 4 heteroatoms. The number of rotatable bonds is 4. The largest absolute Gasteiger partial charge is 0.387 e. The topological polar surface area (TPSA) is 24.8 Å². The molecule has 2 aliphatic heterocycles. The third kappa shape index (κ3) is 5.08. The highest BCUT2D eigenvalue weighted by Gasteiger charge is 2.28. The Hall–Kier alpha value is -0.920. The summed E-state index contributed by atoms with van der Waals surface area (Å²) in [4.78, 5) is 5.74. The van der Waals surface area contributed by atoms with Gasteiger partial charge in [0.05, 0.1) is 5.71 Å². The molecule has 2 heterocycles. The number of allylic oxidation sites excluding steroid dienone is 4. The maximum atomic E-state index is 5.74. The minimum atomic E-state index is 0.0994. The summed E-state index contributed by atoms with van der Waals surface area (Å²) in [5, 5.41) is 4.45. The first-order chi connectivity index (χ1) is 12.7. The van der Waals surface area contributed by atoms with Gasteiger partial charge in [-0.05, 0) is 81.8 Å². The smallest absolute Gasteiger partial charge is 0.157 e. The van der Waals surface area contributed by atoms with Crippen molar-refractivity contribution in [1.82, 2.24) is 4.67 Å². The Labute approximate surface area is 161 Å². The summed E-state index contributed by atoms with van der Waals surface area (Å²) >= 11 is 0. The van der Waals surface area contributed by atoms with Crippen LogP contribution in [0.15, 0.2) is 40.6 Å². The van der Waals surface area contributed by atoms with E-state index in [2.05, 4.69) is 57.4 Å². The van der Waals surface area contributed by atoms with Gasteiger partial charge in [0.2, 0.25) is 0 Å². The first-order valence-electron chi connectivity index (χ1n) is 10.4. The van der Waals surface area contributed by atoms with Crippen molar-refractivity contribution in [3.8, 4) is 0 Å². The van der Waals surface area contributed by atoms with Gasteiger partial charge in [-0.3, -0.25) is 4.67 Å². The van der Waals surface area contributed by atoms with Gasteiger partial charge in [-0.2, -0.15) is 0 Å². The van der Waals surface area contributed by atoms with Crippen LogP contribution in [0.25, 0.3) is 0 Å². The van der Waals surface area contributed by atoms with E-state index in [4.69, 9.17) is 4.84 Å². The highest BCUT2D eigenvalue weighted by molar-refractivity contribution is 7.13. The van der Waals surface area contributed by atoms with Crippen LogP contribution in [0.1, 0.15) is 65.2 Å². The Morgan fingerprint density at radius 2 is 1.96 bits per heavy atom. The van der Waals surface area contributed by atoms with E-state index in [1.165, 1.54) is 74.9 Å². The van der Waals surface area contributed by atoms with E-state index in [9.17, 15) is 0 Å². The SMILES string of the molecule is C/C=C\C(=C/C)C1CC(/C2=C/CCC(C3CCN(P)CC3)CCC2)=NO1. The lowest BCUT2D eigenvalue weighted by Gasteiger charge is -2.35. The summed E-state index contributed by atoms with van der Waals surface area (Å²) in [7, 11) is 2.87. The van der Waals surface area contributed by atoms with Gasteiger partial charge >= 0.3 is 0 Å². The first kappa shape index (κ1) is 19.8. The number of hydrogen-bond donors (Lipinski definition) is 0. The van der Waals surface area contributed by atoms with Gasteiger partial charge in [0.15, 0.2) is 6.10 Å². The van der Waals surface area contributed by atoms with E-state index in [0.717, 1.165) is 18.3 Å². The lowest BCUT2D eigenvalue weighted by Crippen LogP contribution is -2.30. The molecule has 1 saturated heterocycles. The maximum absolute atomic E-state index is 5.74. The third-order valence-corrected chi connectivity index (χ3v) is 6.81. The predicted octanol–water partition coefficient (Wildman–Crippen LogP) is 5.66. The van der Waals surface area contributed by atoms with Gasteiger partial charge in [0, 0.05) is 19.5 Å². The van der Waals surface area contributed by atoms with Crippen LogP contribution in [0.4, 0.5) is 0 Å². The fourth-order valence-corrected chi connectivity index (χ4v) is 5.02. The molecule has 3 nitrogen and oxygen atoms in total. The van der Waals surface area contributed by atoms with Crippen molar-refractivity contribution in [3.63, 3.8) is 0 Å². The second-order valence-electron chi connectivity index (χ2n) is 7.96. The van der Waals surface area contributed by atoms with E-state index in [1.807, 2.05) is 0 Å². The molecule has 0 amide bonds. The standard InChI is InChI=1S/C22H35N2OP/c1-3-7-17(4-2)22-16-21(23-25-22)20-10-5-8-18(9-6-11-20)19-12-14-24(26)15-13-19/h3-4,7,10,18-19,22H,5-6,8-9,11-16,26H2,1-2H3/b7-3-,17-4+,20-10+. The highest BCUT2D eigenvalue weighted by Crippen LogP contribution is 2.35. The van der Waals surface area contributed by atoms with Crippen LogP contribution in [0.3, 0.4) is 0 Å². The fraction of sp³-hybridized carbons (Fsp3) is 0.682. The molecule has 0 aromatic carbocycles. The molecule has 3 rings (SSSR count). The van der Waals surface area contributed by atoms with Gasteiger partial charge in [-0.15, -0.1) is 0 Å². The average Bonchev–Trinajstić information content (AvgIpc) is 3.10.